The van der Waals surface area contributed by atoms with Crippen LogP contribution in [0.25, 0.3) is 5.00 Å². The average molecular weight is 680 g/mol. The van der Waals surface area contributed by atoms with Gasteiger partial charge in [-0.2, -0.15) is 15.5 Å². The van der Waals surface area contributed by atoms with Crippen LogP contribution in [0.5, 0.6) is 5.75 Å². The van der Waals surface area contributed by atoms with Crippen LogP contribution < -0.4 is 4.74 Å². The molecule has 0 bridgehead atoms. The highest BCUT2D eigenvalue weighted by molar-refractivity contribution is 7.14. The lowest BCUT2D eigenvalue weighted by atomic mass is 9.89. The van der Waals surface area contributed by atoms with Crippen LogP contribution in [0.4, 0.5) is 4.39 Å². The van der Waals surface area contributed by atoms with E-state index in [1.165, 1.54) is 33.8 Å². The molecular formula is C39H58FN5O2S. The first kappa shape index (κ1) is 44.0. The van der Waals surface area contributed by atoms with Crippen molar-refractivity contribution in [3.8, 4) is 29.2 Å². The lowest BCUT2D eigenvalue weighted by Crippen LogP contribution is -2.25. The summed E-state index contributed by atoms with van der Waals surface area (Å²) < 4.78 is 18.6. The number of allylic oxidation sites excluding steroid dienone is 1. The standard InChI is InChI=1S/C15H18FNO2.C11H15N3S.C9H19N.C4H6/c1-19-15-8-7-13(16)11-14(15)12(6-4-10-18)5-2-3-9-17;1-7(2)10-8(3)11(15-9(10)4)14-12-5-6-13-14;1-7-10(6)8(2)9(3,4)5;1-3-4-2/h7-8,10-12H,2-6H2,1H3;5-7H,1-4H3;2,7H2,1,3-6H3;1H,4H2,2H3/t12-;;;/m0.../s1. The Labute approximate surface area is 294 Å². The van der Waals surface area contributed by atoms with E-state index in [1.54, 1.807) is 41.7 Å². The number of carbonyl (C=O) groups is 1. The topological polar surface area (TPSA) is 84.0 Å². The predicted molar refractivity (Wildman–Crippen MR) is 199 cm³/mol. The highest BCUT2D eigenvalue weighted by Crippen LogP contribution is 2.35. The van der Waals surface area contributed by atoms with Crippen LogP contribution in [0.15, 0.2) is 42.9 Å². The van der Waals surface area contributed by atoms with Crippen LogP contribution in [0.2, 0.25) is 0 Å². The molecule has 0 radical (unpaired) electrons. The van der Waals surface area contributed by atoms with Crippen molar-refractivity contribution in [3.05, 3.63) is 70.3 Å². The zero-order chi connectivity index (χ0) is 36.9. The largest absolute Gasteiger partial charge is 0.496 e. The van der Waals surface area contributed by atoms with Gasteiger partial charge in [0.05, 0.1) is 25.6 Å². The highest BCUT2D eigenvalue weighted by atomic mass is 32.1. The number of benzene rings is 1. The summed E-state index contributed by atoms with van der Waals surface area (Å²) in [7, 11) is 3.62. The van der Waals surface area contributed by atoms with Gasteiger partial charge in [0, 0.05) is 54.4 Å². The number of nitrogens with zero attached hydrogens (tertiary/aromatic N) is 5. The first-order valence-corrected chi connectivity index (χ1v) is 17.4. The number of unbranched alkanes of at least 4 members (excludes halogenated alkanes) is 1. The molecule has 0 spiro atoms. The molecule has 0 saturated heterocycles. The molecule has 0 N–H and O–H groups in total. The Morgan fingerprint density at radius 3 is 2.23 bits per heavy atom. The molecule has 0 fully saturated rings. The Kier molecular flexibility index (Phi) is 21.5. The summed E-state index contributed by atoms with van der Waals surface area (Å²) in [5, 5.41) is 18.1. The molecule has 2 aromatic heterocycles. The molecule has 264 valence electrons. The lowest BCUT2D eigenvalue weighted by Gasteiger charge is -2.30. The first-order valence-electron chi connectivity index (χ1n) is 16.6. The minimum absolute atomic E-state index is 0.0456. The minimum Gasteiger partial charge on any atom is -0.496 e. The first-order chi connectivity index (χ1) is 22.6. The predicted octanol–water partition coefficient (Wildman–Crippen LogP) is 10.2. The zero-order valence-electron chi connectivity index (χ0n) is 31.2. The summed E-state index contributed by atoms with van der Waals surface area (Å²) in [5.41, 5.74) is 4.94. The van der Waals surface area contributed by atoms with Crippen molar-refractivity contribution in [2.45, 2.75) is 113 Å². The van der Waals surface area contributed by atoms with Crippen LogP contribution in [-0.4, -0.2) is 46.9 Å². The van der Waals surface area contributed by atoms with Gasteiger partial charge >= 0.3 is 0 Å². The Balaban J connectivity index is 0.000000679. The van der Waals surface area contributed by atoms with Crippen LogP contribution in [0.1, 0.15) is 120 Å². The smallest absolute Gasteiger partial charge is 0.142 e. The van der Waals surface area contributed by atoms with E-state index in [-0.39, 0.29) is 17.2 Å². The van der Waals surface area contributed by atoms with Crippen molar-refractivity contribution in [1.82, 2.24) is 19.9 Å². The summed E-state index contributed by atoms with van der Waals surface area (Å²) in [5.74, 6) is 3.36. The van der Waals surface area contributed by atoms with Crippen molar-refractivity contribution in [3.63, 3.8) is 0 Å². The number of carbonyl (C=O) groups excluding carboxylic acids is 1. The van der Waals surface area contributed by atoms with Gasteiger partial charge in [0.25, 0.3) is 0 Å². The maximum Gasteiger partial charge on any atom is 0.142 e. The summed E-state index contributed by atoms with van der Waals surface area (Å²) in [6.07, 6.45) is 12.9. The van der Waals surface area contributed by atoms with Gasteiger partial charge in [-0.3, -0.25) is 0 Å². The van der Waals surface area contributed by atoms with Crippen LogP contribution in [0.3, 0.4) is 0 Å². The van der Waals surface area contributed by atoms with Gasteiger partial charge < -0.3 is 14.4 Å². The Morgan fingerprint density at radius 1 is 1.21 bits per heavy atom. The molecule has 2 heterocycles. The minimum atomic E-state index is -0.313. The third-order valence-corrected chi connectivity index (χ3v) is 8.83. The summed E-state index contributed by atoms with van der Waals surface area (Å²) in [4.78, 5) is 15.8. The second-order valence-corrected chi connectivity index (χ2v) is 13.8. The van der Waals surface area contributed by atoms with Gasteiger partial charge in [0.1, 0.15) is 22.9 Å². The lowest BCUT2D eigenvalue weighted by molar-refractivity contribution is -0.108. The third kappa shape index (κ3) is 15.3. The number of thiophene rings is 1. The molecule has 3 aromatic rings. The van der Waals surface area contributed by atoms with E-state index in [2.05, 4.69) is 96.1 Å². The number of aromatic nitrogens is 3. The molecule has 1 aromatic carbocycles. The molecule has 0 saturated carbocycles. The molecule has 0 aliphatic heterocycles. The fraction of sp³-hybridized carbons (Fsp3) is 0.538. The number of terminal acetylenes is 1. The van der Waals surface area contributed by atoms with Crippen LogP contribution >= 0.6 is 11.3 Å². The van der Waals surface area contributed by atoms with Gasteiger partial charge in [-0.05, 0) is 81.2 Å². The number of hydrogen-bond donors (Lipinski definition) is 0. The summed E-state index contributed by atoms with van der Waals surface area (Å²) >= 11 is 1.76. The van der Waals surface area contributed by atoms with E-state index in [0.29, 0.717) is 30.9 Å². The Morgan fingerprint density at radius 2 is 1.81 bits per heavy atom. The molecule has 0 aliphatic rings. The van der Waals surface area contributed by atoms with E-state index in [4.69, 9.17) is 16.4 Å². The Hall–Kier alpha value is -3.95. The molecule has 48 heavy (non-hydrogen) atoms. The van der Waals surface area contributed by atoms with Crippen molar-refractivity contribution in [2.75, 3.05) is 20.7 Å². The molecule has 1 atom stereocenters. The van der Waals surface area contributed by atoms with E-state index in [0.717, 1.165) is 42.7 Å². The molecule has 3 rings (SSSR count). The molecule has 0 aliphatic carbocycles. The molecule has 9 heteroatoms. The number of nitriles is 1. The molecule has 7 nitrogen and oxygen atoms in total. The Bertz CT molecular complexity index is 1440. The zero-order valence-corrected chi connectivity index (χ0v) is 32.0. The maximum absolute atomic E-state index is 13.4. The van der Waals surface area contributed by atoms with Gasteiger partial charge in [-0.15, -0.1) is 28.5 Å². The van der Waals surface area contributed by atoms with Crippen molar-refractivity contribution in [2.24, 2.45) is 5.41 Å². The van der Waals surface area contributed by atoms with E-state index in [9.17, 15) is 9.18 Å². The summed E-state index contributed by atoms with van der Waals surface area (Å²) in [6.45, 7) is 24.5. The number of ether oxygens (including phenoxy) is 1. The highest BCUT2D eigenvalue weighted by Gasteiger charge is 2.18. The maximum atomic E-state index is 13.4. The molecular weight excluding hydrogens is 622 g/mol. The van der Waals surface area contributed by atoms with Crippen molar-refractivity contribution < 1.29 is 13.9 Å². The quantitative estimate of drug-likeness (QED) is 0.108. The number of halogens is 1. The monoisotopic (exact) mass is 679 g/mol. The molecule has 0 amide bonds. The van der Waals surface area contributed by atoms with Crippen molar-refractivity contribution in [1.29, 1.82) is 5.26 Å². The number of rotatable bonds is 12. The van der Waals surface area contributed by atoms with Crippen LogP contribution in [-0.2, 0) is 4.79 Å². The average Bonchev–Trinajstić information content (AvgIpc) is 3.69. The number of aryl methyl sites for hydroxylation is 1. The van der Waals surface area contributed by atoms with E-state index in [1.807, 2.05) is 6.92 Å². The van der Waals surface area contributed by atoms with Gasteiger partial charge in [-0.25, -0.2) is 4.39 Å². The number of aldehydes is 1. The second-order valence-electron chi connectivity index (χ2n) is 12.6. The SMILES string of the molecule is C#CCC.C=C(N(C)CC)C(C)(C)C.COc1ccc(F)cc1[C@H](CCC=O)CCCC#N.Cc1sc(-n2nccn2)c(C)c1C(C)C. The second kappa shape index (κ2) is 23.4. The fourth-order valence-electron chi connectivity index (χ4n) is 4.95. The van der Waals surface area contributed by atoms with E-state index >= 15 is 0 Å². The van der Waals surface area contributed by atoms with Crippen molar-refractivity contribution >= 4 is 17.6 Å². The normalized spacial score (nSPS) is 10.9. The fourth-order valence-corrected chi connectivity index (χ4v) is 6.17. The molecule has 0 unspecified atom stereocenters. The van der Waals surface area contributed by atoms with Gasteiger partial charge in [-0.1, -0.05) is 48.1 Å². The number of hydrogen-bond acceptors (Lipinski definition) is 7. The van der Waals surface area contributed by atoms with Gasteiger partial charge in [0.15, 0.2) is 0 Å². The third-order valence-electron chi connectivity index (χ3n) is 7.64. The summed E-state index contributed by atoms with van der Waals surface area (Å²) in [6, 6.07) is 6.51. The van der Waals surface area contributed by atoms with Gasteiger partial charge in [0.2, 0.25) is 0 Å². The van der Waals surface area contributed by atoms with Crippen LogP contribution in [0, 0.1) is 48.8 Å². The van der Waals surface area contributed by atoms with E-state index < -0.39 is 0 Å². The number of methoxy groups -OCH3 is 1.